The summed E-state index contributed by atoms with van der Waals surface area (Å²) in [5.41, 5.74) is -4.11. The first-order valence-corrected chi connectivity index (χ1v) is 16.9. The minimum absolute atomic E-state index is 0.129. The molecule has 0 saturated carbocycles. The molecule has 1 aliphatic rings. The first-order valence-electron chi connectivity index (χ1n) is 15.4. The van der Waals surface area contributed by atoms with Crippen LogP contribution in [0.3, 0.4) is 0 Å². The number of benzene rings is 6. The van der Waals surface area contributed by atoms with E-state index in [1.54, 1.807) is 30.3 Å². The summed E-state index contributed by atoms with van der Waals surface area (Å²) in [5.74, 6) is -26.9. The maximum Gasteiger partial charge on any atom is 0.418 e. The lowest BCUT2D eigenvalue weighted by Gasteiger charge is -2.38. The van der Waals surface area contributed by atoms with Gasteiger partial charge >= 0.3 is 6.55 Å². The summed E-state index contributed by atoms with van der Waals surface area (Å²) >= 11 is 0. The van der Waals surface area contributed by atoms with Crippen molar-refractivity contribution < 1.29 is 53.2 Å². The highest BCUT2D eigenvalue weighted by molar-refractivity contribution is 7.69. The average molecular weight is 722 g/mol. The van der Waals surface area contributed by atoms with Crippen molar-refractivity contribution in [3.63, 3.8) is 0 Å². The molecular formula is C36H26BF10O2P. The Kier molecular flexibility index (Phi) is 7.44. The van der Waals surface area contributed by atoms with E-state index in [0.29, 0.717) is 26.8 Å². The topological polar surface area (TPSA) is 18.5 Å². The molecule has 0 unspecified atom stereocenters. The van der Waals surface area contributed by atoms with Gasteiger partial charge in [0.1, 0.15) is 40.1 Å². The van der Waals surface area contributed by atoms with Crippen molar-refractivity contribution in [1.82, 2.24) is 0 Å². The van der Waals surface area contributed by atoms with Gasteiger partial charge in [-0.15, -0.1) is 0 Å². The molecule has 1 aliphatic heterocycles. The van der Waals surface area contributed by atoms with Gasteiger partial charge in [-0.2, -0.15) is 0 Å². The fraction of sp³-hybridized carbons (Fsp3) is 0.222. The summed E-state index contributed by atoms with van der Waals surface area (Å²) in [7, 11) is -1.79. The van der Waals surface area contributed by atoms with Gasteiger partial charge in [-0.05, 0) is 69.3 Å². The molecule has 0 atom stereocenters. The maximum atomic E-state index is 15.9. The number of hydrogen-bond acceptors (Lipinski definition) is 2. The molecular weight excluding hydrogens is 696 g/mol. The number of hydrogen-bond donors (Lipinski definition) is 0. The lowest BCUT2D eigenvalue weighted by molar-refractivity contribution is 0.372. The minimum Gasteiger partial charge on any atom is -0.673 e. The molecule has 6 aromatic carbocycles. The highest BCUT2D eigenvalue weighted by Crippen LogP contribution is 2.62. The molecule has 0 N–H and O–H groups in total. The smallest absolute Gasteiger partial charge is 0.418 e. The van der Waals surface area contributed by atoms with Crippen molar-refractivity contribution in [2.24, 2.45) is 0 Å². The van der Waals surface area contributed by atoms with Crippen LogP contribution < -0.4 is 25.5 Å². The van der Waals surface area contributed by atoms with Gasteiger partial charge in [0.15, 0.2) is 34.9 Å². The Morgan fingerprint density at radius 2 is 0.860 bits per heavy atom. The number of halogens is 10. The van der Waals surface area contributed by atoms with Gasteiger partial charge in [-0.1, -0.05) is 36.4 Å². The summed E-state index contributed by atoms with van der Waals surface area (Å²) in [6.07, 6.45) is 0. The zero-order valence-electron chi connectivity index (χ0n) is 27.2. The second-order valence-corrected chi connectivity index (χ2v) is 18.8. The predicted molar refractivity (Wildman–Crippen MR) is 176 cm³/mol. The maximum absolute atomic E-state index is 15.9. The molecule has 2 nitrogen and oxygen atoms in total. The van der Waals surface area contributed by atoms with Gasteiger partial charge in [0.05, 0.1) is 15.7 Å². The van der Waals surface area contributed by atoms with Crippen molar-refractivity contribution in [3.05, 3.63) is 101 Å². The Bertz CT molecular complexity index is 2300. The standard InChI is InChI=1S/C36H25BF10O2P/c1-35(2,3)50(36(4,5)6)17-13-12-15-11-10-14-8-7-9-16-18(14)19(15)20(17)34-33(16)48-37(49-34,21-23(38)27(42)31(46)28(43)24(21)39)22-25(40)29(44)32(47)30(45)26(22)41/h7-13H,1-6H3/q-1/p+1. The number of fused-ring (bicyclic) bond motifs is 3. The Hall–Kier alpha value is -4.25. The van der Waals surface area contributed by atoms with Crippen LogP contribution in [0.15, 0.2) is 42.5 Å². The Balaban J connectivity index is 1.73. The Morgan fingerprint density at radius 1 is 0.460 bits per heavy atom. The van der Waals surface area contributed by atoms with Gasteiger partial charge in [0, 0.05) is 24.1 Å². The van der Waals surface area contributed by atoms with Gasteiger partial charge in [-0.25, -0.2) is 43.9 Å². The number of rotatable bonds is 3. The van der Waals surface area contributed by atoms with Crippen LogP contribution in [-0.4, -0.2) is 16.9 Å². The predicted octanol–water partition coefficient (Wildman–Crippen LogP) is 9.44. The average Bonchev–Trinajstić information content (AvgIpc) is 3.44. The third-order valence-electron chi connectivity index (χ3n) is 9.29. The normalized spacial score (nSPS) is 14.7. The molecule has 0 aliphatic carbocycles. The molecule has 260 valence electrons. The van der Waals surface area contributed by atoms with E-state index in [9.17, 15) is 26.3 Å². The van der Waals surface area contributed by atoms with Crippen LogP contribution in [0.25, 0.3) is 32.3 Å². The van der Waals surface area contributed by atoms with E-state index in [1.807, 2.05) is 47.6 Å². The molecule has 0 spiro atoms. The fourth-order valence-corrected chi connectivity index (χ4v) is 12.5. The molecule has 0 fully saturated rings. The first-order chi connectivity index (χ1) is 23.2. The van der Waals surface area contributed by atoms with Crippen LogP contribution in [0.4, 0.5) is 43.9 Å². The molecule has 50 heavy (non-hydrogen) atoms. The van der Waals surface area contributed by atoms with Crippen molar-refractivity contribution in [3.8, 4) is 11.5 Å². The van der Waals surface area contributed by atoms with E-state index in [4.69, 9.17) is 9.31 Å². The summed E-state index contributed by atoms with van der Waals surface area (Å²) in [4.78, 5) is 0. The molecule has 0 bridgehead atoms. The van der Waals surface area contributed by atoms with Crippen molar-refractivity contribution >= 4 is 63.0 Å². The highest BCUT2D eigenvalue weighted by Gasteiger charge is 2.54. The lowest BCUT2D eigenvalue weighted by Crippen LogP contribution is -2.70. The van der Waals surface area contributed by atoms with Crippen LogP contribution in [0.5, 0.6) is 11.5 Å². The first kappa shape index (κ1) is 34.2. The van der Waals surface area contributed by atoms with Crippen LogP contribution in [0.1, 0.15) is 41.5 Å². The summed E-state index contributed by atoms with van der Waals surface area (Å²) < 4.78 is 164. The zero-order valence-corrected chi connectivity index (χ0v) is 28.2. The SMILES string of the molecule is CC(C)(C)[PH+](c1ccc2ccc3cccc4c5c(c1c2c34)O[B-](c1c(F)c(F)c(F)c(F)c1F)(c1c(F)c(F)c(F)c(F)c1F)O5)C(C)(C)C. The minimum atomic E-state index is -4.99. The fourth-order valence-electron chi connectivity index (χ4n) is 7.87. The van der Waals surface area contributed by atoms with Crippen LogP contribution >= 0.6 is 7.92 Å². The monoisotopic (exact) mass is 722 g/mol. The largest absolute Gasteiger partial charge is 0.673 e. The van der Waals surface area contributed by atoms with E-state index >= 15 is 17.6 Å². The van der Waals surface area contributed by atoms with Crippen LogP contribution in [0.2, 0.25) is 0 Å². The Morgan fingerprint density at radius 3 is 1.32 bits per heavy atom. The quantitative estimate of drug-likeness (QED) is 0.0453. The summed E-state index contributed by atoms with van der Waals surface area (Å²) in [5, 5.41) is 2.46. The van der Waals surface area contributed by atoms with Crippen LogP contribution in [0, 0.1) is 58.2 Å². The van der Waals surface area contributed by atoms with Crippen LogP contribution in [-0.2, 0) is 0 Å². The second kappa shape index (κ2) is 10.9. The van der Waals surface area contributed by atoms with Gasteiger partial charge in [-0.3, -0.25) is 0 Å². The second-order valence-electron chi connectivity index (χ2n) is 14.5. The molecule has 0 saturated heterocycles. The van der Waals surface area contributed by atoms with E-state index in [-0.39, 0.29) is 10.8 Å². The van der Waals surface area contributed by atoms with Crippen molar-refractivity contribution in [2.45, 2.75) is 51.9 Å². The molecule has 1 heterocycles. The van der Waals surface area contributed by atoms with E-state index in [2.05, 4.69) is 0 Å². The van der Waals surface area contributed by atoms with Crippen molar-refractivity contribution in [2.75, 3.05) is 0 Å². The highest BCUT2D eigenvalue weighted by atomic mass is 31.1. The summed E-state index contributed by atoms with van der Waals surface area (Å²) in [6, 6.07) is 12.0. The van der Waals surface area contributed by atoms with Gasteiger partial charge < -0.3 is 9.31 Å². The van der Waals surface area contributed by atoms with E-state index in [0.717, 1.165) is 0 Å². The molecule has 0 aromatic heterocycles. The van der Waals surface area contributed by atoms with E-state index < -0.39 is 105 Å². The Labute approximate surface area is 280 Å². The summed E-state index contributed by atoms with van der Waals surface area (Å²) in [6.45, 7) is 7.01. The molecule has 0 amide bonds. The lowest BCUT2D eigenvalue weighted by atomic mass is 9.45. The molecule has 7 rings (SSSR count). The third kappa shape index (κ3) is 4.47. The van der Waals surface area contributed by atoms with Crippen molar-refractivity contribution in [1.29, 1.82) is 0 Å². The third-order valence-corrected chi connectivity index (χ3v) is 13.2. The van der Waals surface area contributed by atoms with E-state index in [1.165, 1.54) is 6.07 Å². The van der Waals surface area contributed by atoms with Gasteiger partial charge in [0.2, 0.25) is 0 Å². The molecule has 14 heteroatoms. The van der Waals surface area contributed by atoms with Gasteiger partial charge in [0.25, 0.3) is 0 Å². The zero-order chi connectivity index (χ0) is 36.6. The molecule has 0 radical (unpaired) electrons. The molecule has 6 aromatic rings.